The molecule has 1 heterocycles. The molecule has 8 nitrogen and oxygen atoms in total. The van der Waals surface area contributed by atoms with Crippen LogP contribution in [0.15, 0.2) is 78.9 Å². The molecule has 31 heavy (non-hydrogen) atoms. The zero-order chi connectivity index (χ0) is 21.8. The molecule has 1 atom stereocenters. The standard InChI is InChI=1S/C22H20N2O6S/c25-24(26)19-11-12-22(30-15-20-14-29-20)21(13-19)23(18-9-5-2-6-10-18)31(27,28)16-17-7-3-1-4-8-17/h1-13,20H,14-16H2. The van der Waals surface area contributed by atoms with Crippen LogP contribution in [-0.2, 0) is 20.5 Å². The number of nitrogens with zero attached hydrogens (tertiary/aromatic N) is 2. The minimum absolute atomic E-state index is 0.0610. The molecule has 0 radical (unpaired) electrons. The van der Waals surface area contributed by atoms with Gasteiger partial charge in [-0.3, -0.25) is 10.1 Å². The van der Waals surface area contributed by atoms with Crippen LogP contribution < -0.4 is 9.04 Å². The molecule has 0 aliphatic carbocycles. The molecule has 1 saturated heterocycles. The van der Waals surface area contributed by atoms with Crippen LogP contribution in [0.4, 0.5) is 17.1 Å². The number of anilines is 2. The Morgan fingerprint density at radius 3 is 2.29 bits per heavy atom. The first kappa shape index (κ1) is 20.8. The van der Waals surface area contributed by atoms with Crippen molar-refractivity contribution >= 4 is 27.1 Å². The fourth-order valence-electron chi connectivity index (χ4n) is 3.11. The summed E-state index contributed by atoms with van der Waals surface area (Å²) in [7, 11) is -3.97. The van der Waals surface area contributed by atoms with Crippen LogP contribution in [0.2, 0.25) is 0 Å². The Labute approximate surface area is 179 Å². The Morgan fingerprint density at radius 1 is 1.03 bits per heavy atom. The molecule has 1 aliphatic heterocycles. The summed E-state index contributed by atoms with van der Waals surface area (Å²) in [5.74, 6) is -0.0575. The molecule has 3 aromatic rings. The number of non-ortho nitro benzene ring substituents is 1. The number of ether oxygens (including phenoxy) is 2. The summed E-state index contributed by atoms with van der Waals surface area (Å²) in [5.41, 5.74) is 0.798. The lowest BCUT2D eigenvalue weighted by atomic mass is 10.2. The van der Waals surface area contributed by atoms with Crippen molar-refractivity contribution in [3.05, 3.63) is 94.5 Å². The monoisotopic (exact) mass is 440 g/mol. The van der Waals surface area contributed by atoms with Crippen LogP contribution in [-0.4, -0.2) is 32.7 Å². The van der Waals surface area contributed by atoms with Crippen LogP contribution in [0, 0.1) is 10.1 Å². The Kier molecular flexibility index (Phi) is 5.88. The molecule has 0 N–H and O–H groups in total. The highest BCUT2D eigenvalue weighted by Gasteiger charge is 2.30. The summed E-state index contributed by atoms with van der Waals surface area (Å²) in [4.78, 5) is 10.9. The molecule has 0 amide bonds. The number of epoxide rings is 1. The maximum atomic E-state index is 13.6. The number of hydrogen-bond acceptors (Lipinski definition) is 6. The largest absolute Gasteiger partial charge is 0.489 e. The van der Waals surface area contributed by atoms with E-state index in [9.17, 15) is 18.5 Å². The van der Waals surface area contributed by atoms with E-state index in [1.54, 1.807) is 60.7 Å². The molecule has 9 heteroatoms. The van der Waals surface area contributed by atoms with Crippen molar-refractivity contribution < 1.29 is 22.8 Å². The van der Waals surface area contributed by atoms with Gasteiger partial charge < -0.3 is 9.47 Å². The number of benzene rings is 3. The van der Waals surface area contributed by atoms with Crippen LogP contribution in [0.5, 0.6) is 5.75 Å². The van der Waals surface area contributed by atoms with Gasteiger partial charge in [0.05, 0.1) is 23.0 Å². The lowest BCUT2D eigenvalue weighted by molar-refractivity contribution is -0.384. The average Bonchev–Trinajstić information content (AvgIpc) is 3.58. The number of rotatable bonds is 9. The molecule has 0 spiro atoms. The van der Waals surface area contributed by atoms with Crippen LogP contribution in [0.25, 0.3) is 0 Å². The smallest absolute Gasteiger partial charge is 0.271 e. The van der Waals surface area contributed by atoms with E-state index in [1.807, 2.05) is 0 Å². The third kappa shape index (κ3) is 5.01. The Hall–Kier alpha value is -3.43. The highest BCUT2D eigenvalue weighted by molar-refractivity contribution is 7.92. The van der Waals surface area contributed by atoms with E-state index in [0.717, 1.165) is 4.31 Å². The molecule has 3 aromatic carbocycles. The van der Waals surface area contributed by atoms with E-state index >= 15 is 0 Å². The average molecular weight is 440 g/mol. The Balaban J connectivity index is 1.82. The predicted molar refractivity (Wildman–Crippen MR) is 116 cm³/mol. The van der Waals surface area contributed by atoms with Gasteiger partial charge in [-0.25, -0.2) is 12.7 Å². The first-order valence-corrected chi connectivity index (χ1v) is 11.2. The molecule has 4 rings (SSSR count). The number of sulfonamides is 1. The molecule has 1 fully saturated rings. The molecular formula is C22H20N2O6S. The number of nitro groups is 1. The normalized spacial score (nSPS) is 15.3. The SMILES string of the molecule is O=[N+]([O-])c1ccc(OCC2CO2)c(N(c2ccccc2)S(=O)(=O)Cc2ccccc2)c1. The quantitative estimate of drug-likeness (QED) is 0.283. The van der Waals surface area contributed by atoms with Crippen molar-refractivity contribution in [3.63, 3.8) is 0 Å². The summed E-state index contributed by atoms with van der Waals surface area (Å²) in [6, 6.07) is 21.1. The second-order valence-corrected chi connectivity index (χ2v) is 8.83. The second-order valence-electron chi connectivity index (χ2n) is 7.02. The van der Waals surface area contributed by atoms with Gasteiger partial charge in [-0.1, -0.05) is 48.5 Å². The van der Waals surface area contributed by atoms with Gasteiger partial charge in [-0.2, -0.15) is 0 Å². The fourth-order valence-corrected chi connectivity index (χ4v) is 4.74. The minimum Gasteiger partial charge on any atom is -0.489 e. The Morgan fingerprint density at radius 2 is 1.68 bits per heavy atom. The highest BCUT2D eigenvalue weighted by atomic mass is 32.2. The fraction of sp³-hybridized carbons (Fsp3) is 0.182. The Bertz CT molecular complexity index is 1170. The second kappa shape index (κ2) is 8.75. The van der Waals surface area contributed by atoms with E-state index in [-0.39, 0.29) is 35.6 Å². The molecular weight excluding hydrogens is 420 g/mol. The maximum absolute atomic E-state index is 13.6. The van der Waals surface area contributed by atoms with Gasteiger partial charge in [-0.05, 0) is 23.8 Å². The van der Waals surface area contributed by atoms with Gasteiger partial charge >= 0.3 is 0 Å². The first-order valence-electron chi connectivity index (χ1n) is 9.59. The van der Waals surface area contributed by atoms with Gasteiger partial charge in [0.2, 0.25) is 10.0 Å². The van der Waals surface area contributed by atoms with Crippen LogP contribution in [0.1, 0.15) is 5.56 Å². The summed E-state index contributed by atoms with van der Waals surface area (Å²) in [6.07, 6.45) is -0.0610. The minimum atomic E-state index is -3.97. The van der Waals surface area contributed by atoms with Crippen molar-refractivity contribution in [2.24, 2.45) is 0 Å². The molecule has 1 unspecified atom stereocenters. The lowest BCUT2D eigenvalue weighted by Gasteiger charge is -2.26. The van der Waals surface area contributed by atoms with Gasteiger partial charge in [0.1, 0.15) is 24.1 Å². The van der Waals surface area contributed by atoms with Crippen molar-refractivity contribution in [2.75, 3.05) is 17.5 Å². The van der Waals surface area contributed by atoms with Crippen molar-refractivity contribution in [1.82, 2.24) is 0 Å². The van der Waals surface area contributed by atoms with Crippen LogP contribution in [0.3, 0.4) is 0 Å². The van der Waals surface area contributed by atoms with Gasteiger partial charge in [0.15, 0.2) is 0 Å². The lowest BCUT2D eigenvalue weighted by Crippen LogP contribution is -2.28. The van der Waals surface area contributed by atoms with Gasteiger partial charge in [0, 0.05) is 12.1 Å². The predicted octanol–water partition coefficient (Wildman–Crippen LogP) is 4.04. The molecule has 0 saturated carbocycles. The zero-order valence-electron chi connectivity index (χ0n) is 16.5. The third-order valence-electron chi connectivity index (χ3n) is 4.66. The molecule has 0 aromatic heterocycles. The topological polar surface area (TPSA) is 102 Å². The van der Waals surface area contributed by atoms with E-state index in [4.69, 9.17) is 9.47 Å². The summed E-state index contributed by atoms with van der Waals surface area (Å²) >= 11 is 0. The number of hydrogen-bond donors (Lipinski definition) is 0. The van der Waals surface area contributed by atoms with E-state index in [1.165, 1.54) is 18.2 Å². The van der Waals surface area contributed by atoms with Crippen LogP contribution >= 0.6 is 0 Å². The van der Waals surface area contributed by atoms with Crippen molar-refractivity contribution in [1.29, 1.82) is 0 Å². The van der Waals surface area contributed by atoms with Gasteiger partial charge in [-0.15, -0.1) is 0 Å². The summed E-state index contributed by atoms with van der Waals surface area (Å²) in [6.45, 7) is 0.795. The van der Waals surface area contributed by atoms with E-state index < -0.39 is 14.9 Å². The van der Waals surface area contributed by atoms with Gasteiger partial charge in [0.25, 0.3) is 5.69 Å². The van der Waals surface area contributed by atoms with E-state index in [0.29, 0.717) is 17.9 Å². The third-order valence-corrected chi connectivity index (χ3v) is 6.32. The van der Waals surface area contributed by atoms with Crippen molar-refractivity contribution in [3.8, 4) is 5.75 Å². The highest BCUT2D eigenvalue weighted by Crippen LogP contribution is 2.40. The summed E-state index contributed by atoms with van der Waals surface area (Å²) < 4.78 is 39.2. The number of para-hydroxylation sites is 1. The zero-order valence-corrected chi connectivity index (χ0v) is 17.3. The maximum Gasteiger partial charge on any atom is 0.271 e. The van der Waals surface area contributed by atoms with E-state index in [2.05, 4.69) is 0 Å². The summed E-state index contributed by atoms with van der Waals surface area (Å²) in [5, 5.41) is 11.4. The number of nitro benzene ring substituents is 1. The molecule has 160 valence electrons. The van der Waals surface area contributed by atoms with Crippen molar-refractivity contribution in [2.45, 2.75) is 11.9 Å². The first-order chi connectivity index (χ1) is 14.9. The molecule has 1 aliphatic rings. The molecule has 0 bridgehead atoms.